The maximum Gasteiger partial charge on any atom is 0.244 e. The van der Waals surface area contributed by atoms with Gasteiger partial charge in [-0.2, -0.15) is 4.31 Å². The molecule has 0 unspecified atom stereocenters. The first kappa shape index (κ1) is 16.5. The molecular weight excluding hydrogens is 352 g/mol. The summed E-state index contributed by atoms with van der Waals surface area (Å²) in [5, 5.41) is 0.283. The molecule has 0 aliphatic carbocycles. The minimum atomic E-state index is -3.66. The molecule has 0 saturated carbocycles. The molecule has 1 rings (SSSR count). The summed E-state index contributed by atoms with van der Waals surface area (Å²) in [7, 11) is -3.66. The average Bonchev–Trinajstić information content (AvgIpc) is 2.30. The van der Waals surface area contributed by atoms with Gasteiger partial charge in [-0.15, -0.1) is 0 Å². The Hall–Kier alpha value is -0.560. The summed E-state index contributed by atoms with van der Waals surface area (Å²) in [6.45, 7) is 7.89. The van der Waals surface area contributed by atoms with Crippen LogP contribution in [0.1, 0.15) is 13.8 Å². The van der Waals surface area contributed by atoms with Crippen molar-refractivity contribution in [2.24, 2.45) is 0 Å². The monoisotopic (exact) mass is 366 g/mol. The van der Waals surface area contributed by atoms with Crippen LogP contribution in [0.5, 0.6) is 0 Å². The lowest BCUT2D eigenvalue weighted by Gasteiger charge is -2.21. The van der Waals surface area contributed by atoms with E-state index < -0.39 is 10.0 Å². The van der Waals surface area contributed by atoms with Crippen LogP contribution in [-0.4, -0.2) is 25.8 Å². The maximum atomic E-state index is 12.6. The van der Waals surface area contributed by atoms with Gasteiger partial charge in [0.15, 0.2) is 0 Å². The normalized spacial score (nSPS) is 11.8. The molecule has 7 heteroatoms. The first-order valence-corrected chi connectivity index (χ1v) is 8.20. The van der Waals surface area contributed by atoms with Crippen molar-refractivity contribution in [1.29, 1.82) is 0 Å². The van der Waals surface area contributed by atoms with Crippen LogP contribution in [0.15, 0.2) is 33.7 Å². The summed E-state index contributed by atoms with van der Waals surface area (Å²) in [4.78, 5) is 0.0700. The van der Waals surface area contributed by atoms with Gasteiger partial charge in [-0.1, -0.05) is 30.7 Å². The predicted molar refractivity (Wildman–Crippen MR) is 82.8 cm³/mol. The topological polar surface area (TPSA) is 63.4 Å². The number of nitrogens with two attached hydrogens (primary N) is 1. The average molecular weight is 368 g/mol. The third kappa shape index (κ3) is 3.72. The van der Waals surface area contributed by atoms with Crippen LogP contribution in [0.3, 0.4) is 0 Å². The predicted octanol–water partition coefficient (Wildman–Crippen LogP) is 3.27. The number of nitrogen functional groups attached to an aromatic ring is 1. The first-order valence-electron chi connectivity index (χ1n) is 5.59. The number of likely N-dealkylation sites (N-methyl/N-ethyl adjacent to an activating group) is 1. The van der Waals surface area contributed by atoms with Crippen LogP contribution in [0.2, 0.25) is 5.02 Å². The fourth-order valence-corrected chi connectivity index (χ4v) is 4.34. The number of hydrogen-bond donors (Lipinski definition) is 1. The fraction of sp³-hybridized carbons (Fsp3) is 0.333. The minimum absolute atomic E-state index is 0.0700. The Kier molecular flexibility index (Phi) is 5.43. The molecule has 0 radical (unpaired) electrons. The van der Waals surface area contributed by atoms with E-state index in [1.54, 1.807) is 13.8 Å². The van der Waals surface area contributed by atoms with Crippen molar-refractivity contribution in [3.05, 3.63) is 33.8 Å². The molecule has 4 nitrogen and oxygen atoms in total. The van der Waals surface area contributed by atoms with Gasteiger partial charge in [0.1, 0.15) is 0 Å². The Balaban J connectivity index is 3.37. The largest absolute Gasteiger partial charge is 0.398 e. The molecule has 0 aromatic heterocycles. The van der Waals surface area contributed by atoms with Crippen LogP contribution in [0, 0.1) is 0 Å². The van der Waals surface area contributed by atoms with Crippen molar-refractivity contribution >= 4 is 43.2 Å². The lowest BCUT2D eigenvalue weighted by molar-refractivity contribution is 0.452. The molecule has 0 atom stereocenters. The number of rotatable bonds is 5. The lowest BCUT2D eigenvalue weighted by atomic mass is 10.3. The third-order valence-electron chi connectivity index (χ3n) is 2.45. The molecule has 0 heterocycles. The van der Waals surface area contributed by atoms with Crippen molar-refractivity contribution in [3.8, 4) is 0 Å². The van der Waals surface area contributed by atoms with Crippen molar-refractivity contribution < 1.29 is 8.42 Å². The van der Waals surface area contributed by atoms with Crippen molar-refractivity contribution in [3.63, 3.8) is 0 Å². The molecule has 2 N–H and O–H groups in total. The summed E-state index contributed by atoms with van der Waals surface area (Å²) in [5.41, 5.74) is 6.78. The van der Waals surface area contributed by atoms with E-state index in [0.29, 0.717) is 11.0 Å². The van der Waals surface area contributed by atoms with Crippen molar-refractivity contribution in [2.45, 2.75) is 18.7 Å². The Bertz CT molecular complexity index is 602. The van der Waals surface area contributed by atoms with Gasteiger partial charge in [0.2, 0.25) is 10.0 Å². The summed E-state index contributed by atoms with van der Waals surface area (Å²) in [6.07, 6.45) is 0. The Labute approximate surface area is 127 Å². The highest BCUT2D eigenvalue weighted by atomic mass is 79.9. The number of benzene rings is 1. The second kappa shape index (κ2) is 6.26. The van der Waals surface area contributed by atoms with Crippen LogP contribution in [0.25, 0.3) is 0 Å². The van der Waals surface area contributed by atoms with Crippen LogP contribution in [-0.2, 0) is 10.0 Å². The molecule has 0 amide bonds. The number of hydrogen-bond acceptors (Lipinski definition) is 3. The maximum absolute atomic E-state index is 12.6. The van der Waals surface area contributed by atoms with E-state index in [4.69, 9.17) is 17.3 Å². The van der Waals surface area contributed by atoms with Gasteiger partial charge < -0.3 is 5.73 Å². The van der Waals surface area contributed by atoms with E-state index in [1.165, 1.54) is 16.4 Å². The van der Waals surface area contributed by atoms with Crippen LogP contribution in [0.4, 0.5) is 5.69 Å². The van der Waals surface area contributed by atoms with E-state index in [-0.39, 0.29) is 22.2 Å². The zero-order chi connectivity index (χ0) is 14.8. The Morgan fingerprint density at radius 3 is 2.58 bits per heavy atom. The van der Waals surface area contributed by atoms with E-state index in [9.17, 15) is 8.42 Å². The first-order chi connectivity index (χ1) is 8.70. The van der Waals surface area contributed by atoms with Gasteiger partial charge in [0.05, 0.1) is 9.37 Å². The lowest BCUT2D eigenvalue weighted by Crippen LogP contribution is -2.32. The number of nitrogens with zero attached hydrogens (tertiary/aromatic N) is 1. The van der Waals surface area contributed by atoms with Crippen LogP contribution >= 0.6 is 27.5 Å². The van der Waals surface area contributed by atoms with Crippen molar-refractivity contribution in [2.75, 3.05) is 18.8 Å². The molecule has 0 bridgehead atoms. The molecule has 0 aliphatic heterocycles. The zero-order valence-corrected chi connectivity index (χ0v) is 13.9. The minimum Gasteiger partial charge on any atom is -0.398 e. The van der Waals surface area contributed by atoms with Gasteiger partial charge in [0, 0.05) is 23.8 Å². The van der Waals surface area contributed by atoms with E-state index >= 15 is 0 Å². The smallest absolute Gasteiger partial charge is 0.244 e. The number of halogens is 2. The molecule has 0 fully saturated rings. The van der Waals surface area contributed by atoms with Gasteiger partial charge in [-0.3, -0.25) is 0 Å². The van der Waals surface area contributed by atoms with E-state index in [1.807, 2.05) is 0 Å². The quantitative estimate of drug-likeness (QED) is 0.641. The highest BCUT2D eigenvalue weighted by Crippen LogP contribution is 2.33. The summed E-state index contributed by atoms with van der Waals surface area (Å²) in [5.74, 6) is 0. The molecule has 106 valence electrons. The summed E-state index contributed by atoms with van der Waals surface area (Å²) in [6, 6.07) is 2.89. The van der Waals surface area contributed by atoms with E-state index in [2.05, 4.69) is 22.5 Å². The van der Waals surface area contributed by atoms with E-state index in [0.717, 1.165) is 5.57 Å². The Morgan fingerprint density at radius 2 is 2.11 bits per heavy atom. The fourth-order valence-electron chi connectivity index (χ4n) is 1.58. The van der Waals surface area contributed by atoms with Gasteiger partial charge in [0.25, 0.3) is 0 Å². The van der Waals surface area contributed by atoms with Gasteiger partial charge in [-0.05, 0) is 35.0 Å². The Morgan fingerprint density at radius 1 is 1.53 bits per heavy atom. The zero-order valence-electron chi connectivity index (χ0n) is 10.8. The molecule has 0 aliphatic rings. The van der Waals surface area contributed by atoms with Gasteiger partial charge in [-0.25, -0.2) is 8.42 Å². The second-order valence-electron chi connectivity index (χ2n) is 4.20. The highest BCUT2D eigenvalue weighted by molar-refractivity contribution is 9.10. The SMILES string of the molecule is C=C(C)CN(CC)S(=O)(=O)c1cc(Cl)cc(N)c1Br. The summed E-state index contributed by atoms with van der Waals surface area (Å²) >= 11 is 9.08. The third-order valence-corrected chi connectivity index (χ3v) is 5.76. The van der Waals surface area contributed by atoms with Crippen molar-refractivity contribution in [1.82, 2.24) is 4.31 Å². The number of anilines is 1. The second-order valence-corrected chi connectivity index (χ2v) is 7.33. The molecular formula is C12H16BrClN2O2S. The molecule has 1 aromatic rings. The highest BCUT2D eigenvalue weighted by Gasteiger charge is 2.26. The van der Waals surface area contributed by atoms with Gasteiger partial charge >= 0.3 is 0 Å². The molecule has 0 spiro atoms. The number of sulfonamides is 1. The van der Waals surface area contributed by atoms with Crippen LogP contribution < -0.4 is 5.73 Å². The standard InChI is InChI=1S/C12H16BrClN2O2S/c1-4-16(7-8(2)3)19(17,18)11-6-9(14)5-10(15)12(11)13/h5-6H,2,4,7,15H2,1,3H3. The molecule has 0 saturated heterocycles. The molecule has 1 aromatic carbocycles. The summed E-state index contributed by atoms with van der Waals surface area (Å²) < 4.78 is 26.8. The molecule has 19 heavy (non-hydrogen) atoms.